The second-order valence-electron chi connectivity index (χ2n) is 8.14. The summed E-state index contributed by atoms with van der Waals surface area (Å²) in [5.41, 5.74) is 3.26. The molecule has 166 valence electrons. The number of aromatic nitrogens is 3. The standard InChI is InChI=1S/C23H22Cl2N4O3/c1-23(2)31-12-18(32-23)21(30-3)22-28-27-19-11-26-20(14-6-4-5-7-16(14)25)15-10-13(24)8-9-17(15)29(19)22/h4-10,18,21H,11-12H2,1-3H3. The largest absolute Gasteiger partial charge is 0.371 e. The number of benzene rings is 2. The molecule has 1 aromatic heterocycles. The summed E-state index contributed by atoms with van der Waals surface area (Å²) in [6, 6.07) is 13.3. The molecule has 2 aliphatic heterocycles. The first kappa shape index (κ1) is 21.6. The van der Waals surface area contributed by atoms with Crippen molar-refractivity contribution in [2.75, 3.05) is 13.7 Å². The Morgan fingerprint density at radius 3 is 2.66 bits per heavy atom. The van der Waals surface area contributed by atoms with Crippen LogP contribution in [0.15, 0.2) is 47.5 Å². The molecule has 7 nitrogen and oxygen atoms in total. The van der Waals surface area contributed by atoms with Crippen LogP contribution in [0.4, 0.5) is 0 Å². The molecular formula is C23H22Cl2N4O3. The molecule has 32 heavy (non-hydrogen) atoms. The van der Waals surface area contributed by atoms with E-state index in [-0.39, 0.29) is 6.10 Å². The van der Waals surface area contributed by atoms with Crippen LogP contribution in [-0.2, 0) is 20.8 Å². The maximum atomic E-state index is 6.52. The van der Waals surface area contributed by atoms with Crippen molar-refractivity contribution in [1.29, 1.82) is 0 Å². The number of fused-ring (bicyclic) bond motifs is 3. The Morgan fingerprint density at radius 1 is 1.12 bits per heavy atom. The van der Waals surface area contributed by atoms with Crippen LogP contribution in [0.2, 0.25) is 10.0 Å². The number of methoxy groups -OCH3 is 1. The van der Waals surface area contributed by atoms with Crippen molar-refractivity contribution in [2.45, 2.75) is 38.4 Å². The molecule has 9 heteroatoms. The molecule has 0 N–H and O–H groups in total. The van der Waals surface area contributed by atoms with Crippen LogP contribution in [0.3, 0.4) is 0 Å². The highest BCUT2D eigenvalue weighted by atomic mass is 35.5. The molecule has 1 fully saturated rings. The first-order valence-corrected chi connectivity index (χ1v) is 11.0. The third-order valence-electron chi connectivity index (χ3n) is 5.59. The molecule has 0 amide bonds. The molecule has 1 saturated heterocycles. The Labute approximate surface area is 195 Å². The van der Waals surface area contributed by atoms with Crippen LogP contribution in [-0.4, -0.2) is 46.1 Å². The Bertz CT molecular complexity index is 1210. The molecule has 2 aromatic carbocycles. The highest BCUT2D eigenvalue weighted by Crippen LogP contribution is 2.36. The molecule has 3 aromatic rings. The van der Waals surface area contributed by atoms with E-state index in [9.17, 15) is 0 Å². The van der Waals surface area contributed by atoms with Gasteiger partial charge in [-0.3, -0.25) is 9.56 Å². The van der Waals surface area contributed by atoms with Crippen molar-refractivity contribution in [3.63, 3.8) is 0 Å². The first-order valence-electron chi connectivity index (χ1n) is 10.3. The molecule has 2 unspecified atom stereocenters. The van der Waals surface area contributed by atoms with Gasteiger partial charge < -0.3 is 14.2 Å². The van der Waals surface area contributed by atoms with E-state index in [1.54, 1.807) is 7.11 Å². The van der Waals surface area contributed by atoms with E-state index in [4.69, 9.17) is 42.4 Å². The van der Waals surface area contributed by atoms with Crippen LogP contribution >= 0.6 is 23.2 Å². The van der Waals surface area contributed by atoms with Gasteiger partial charge in [0.05, 0.1) is 18.0 Å². The molecule has 0 spiro atoms. The van der Waals surface area contributed by atoms with Gasteiger partial charge in [0.1, 0.15) is 18.8 Å². The minimum atomic E-state index is -0.686. The van der Waals surface area contributed by atoms with Gasteiger partial charge in [-0.2, -0.15) is 0 Å². The third kappa shape index (κ3) is 3.74. The molecule has 0 bridgehead atoms. The molecule has 3 heterocycles. The van der Waals surface area contributed by atoms with Gasteiger partial charge in [-0.1, -0.05) is 41.4 Å². The second kappa shape index (κ2) is 8.24. The molecule has 0 saturated carbocycles. The molecule has 5 rings (SSSR count). The van der Waals surface area contributed by atoms with E-state index >= 15 is 0 Å². The van der Waals surface area contributed by atoms with Crippen LogP contribution in [0.1, 0.15) is 42.7 Å². The van der Waals surface area contributed by atoms with Crippen molar-refractivity contribution in [3.05, 3.63) is 75.3 Å². The minimum absolute atomic E-state index is 0.323. The number of hydrogen-bond donors (Lipinski definition) is 0. The zero-order chi connectivity index (χ0) is 22.5. The monoisotopic (exact) mass is 472 g/mol. The Hall–Kier alpha value is -2.29. The second-order valence-corrected chi connectivity index (χ2v) is 8.98. The molecule has 0 aliphatic carbocycles. The lowest BCUT2D eigenvalue weighted by atomic mass is 10.00. The molecule has 0 radical (unpaired) electrons. The summed E-state index contributed by atoms with van der Waals surface area (Å²) < 4.78 is 19.6. The Morgan fingerprint density at radius 2 is 1.94 bits per heavy atom. The van der Waals surface area contributed by atoms with E-state index in [0.29, 0.717) is 34.8 Å². The summed E-state index contributed by atoms with van der Waals surface area (Å²) >= 11 is 12.9. The van der Waals surface area contributed by atoms with Gasteiger partial charge in [0, 0.05) is 28.3 Å². The summed E-state index contributed by atoms with van der Waals surface area (Å²) in [6.07, 6.45) is -0.810. The predicted octanol–water partition coefficient (Wildman–Crippen LogP) is 4.76. The smallest absolute Gasteiger partial charge is 0.169 e. The fourth-order valence-electron chi connectivity index (χ4n) is 4.18. The fraction of sp³-hybridized carbons (Fsp3) is 0.348. The van der Waals surface area contributed by atoms with E-state index in [1.807, 2.05) is 60.9 Å². The SMILES string of the molecule is COC(c1nnc2n1-c1ccc(Cl)cc1C(c1ccccc1Cl)=NC2)C1COC(C)(C)O1. The van der Waals surface area contributed by atoms with E-state index in [2.05, 4.69) is 10.2 Å². The minimum Gasteiger partial charge on any atom is -0.371 e. The first-order chi connectivity index (χ1) is 15.4. The van der Waals surface area contributed by atoms with Crippen LogP contribution in [0.5, 0.6) is 0 Å². The number of ether oxygens (including phenoxy) is 3. The Balaban J connectivity index is 1.65. The highest BCUT2D eigenvalue weighted by molar-refractivity contribution is 6.36. The lowest BCUT2D eigenvalue weighted by molar-refractivity contribution is -0.155. The maximum Gasteiger partial charge on any atom is 0.169 e. The van der Waals surface area contributed by atoms with Crippen molar-refractivity contribution in [2.24, 2.45) is 4.99 Å². The van der Waals surface area contributed by atoms with Gasteiger partial charge in [0.25, 0.3) is 0 Å². The topological polar surface area (TPSA) is 70.8 Å². The summed E-state index contributed by atoms with van der Waals surface area (Å²) in [4.78, 5) is 4.85. The zero-order valence-electron chi connectivity index (χ0n) is 17.9. The number of aliphatic imine (C=N–C) groups is 1. The van der Waals surface area contributed by atoms with Gasteiger partial charge in [-0.15, -0.1) is 10.2 Å². The predicted molar refractivity (Wildman–Crippen MR) is 122 cm³/mol. The van der Waals surface area contributed by atoms with Gasteiger partial charge in [-0.05, 0) is 38.1 Å². The normalized spacial score (nSPS) is 20.3. The van der Waals surface area contributed by atoms with Crippen LogP contribution in [0, 0.1) is 0 Å². The quantitative estimate of drug-likeness (QED) is 0.546. The van der Waals surface area contributed by atoms with E-state index in [1.165, 1.54) is 0 Å². The Kier molecular flexibility index (Phi) is 5.55. The number of hydrogen-bond acceptors (Lipinski definition) is 6. The number of nitrogens with zero attached hydrogens (tertiary/aromatic N) is 4. The molecule has 2 atom stereocenters. The summed E-state index contributed by atoms with van der Waals surface area (Å²) in [5, 5.41) is 10.1. The van der Waals surface area contributed by atoms with Gasteiger partial charge in [0.15, 0.2) is 17.4 Å². The lowest BCUT2D eigenvalue weighted by Gasteiger charge is -2.23. The van der Waals surface area contributed by atoms with Gasteiger partial charge in [-0.25, -0.2) is 0 Å². The fourth-order valence-corrected chi connectivity index (χ4v) is 4.58. The molecular weight excluding hydrogens is 451 g/mol. The van der Waals surface area contributed by atoms with Crippen molar-refractivity contribution in [1.82, 2.24) is 14.8 Å². The highest BCUT2D eigenvalue weighted by Gasteiger charge is 2.41. The van der Waals surface area contributed by atoms with Crippen LogP contribution < -0.4 is 0 Å². The van der Waals surface area contributed by atoms with Gasteiger partial charge >= 0.3 is 0 Å². The summed E-state index contributed by atoms with van der Waals surface area (Å²) in [6.45, 7) is 4.47. The summed E-state index contributed by atoms with van der Waals surface area (Å²) in [7, 11) is 1.63. The van der Waals surface area contributed by atoms with Gasteiger partial charge in [0.2, 0.25) is 0 Å². The zero-order valence-corrected chi connectivity index (χ0v) is 19.4. The number of halogens is 2. The van der Waals surface area contributed by atoms with E-state index < -0.39 is 11.9 Å². The third-order valence-corrected chi connectivity index (χ3v) is 6.16. The number of rotatable bonds is 4. The molecule has 2 aliphatic rings. The maximum absolute atomic E-state index is 6.52. The van der Waals surface area contributed by atoms with Crippen LogP contribution in [0.25, 0.3) is 5.69 Å². The average molecular weight is 473 g/mol. The van der Waals surface area contributed by atoms with Crippen molar-refractivity contribution >= 4 is 28.9 Å². The van der Waals surface area contributed by atoms with Crippen molar-refractivity contribution in [3.8, 4) is 5.69 Å². The summed E-state index contributed by atoms with van der Waals surface area (Å²) in [5.74, 6) is 0.619. The average Bonchev–Trinajstić information content (AvgIpc) is 3.29. The lowest BCUT2D eigenvalue weighted by Crippen LogP contribution is -2.28. The van der Waals surface area contributed by atoms with Crippen molar-refractivity contribution < 1.29 is 14.2 Å². The van der Waals surface area contributed by atoms with E-state index in [0.717, 1.165) is 22.5 Å².